The van der Waals surface area contributed by atoms with Gasteiger partial charge in [-0.15, -0.1) is 0 Å². The molecule has 0 saturated heterocycles. The van der Waals surface area contributed by atoms with Gasteiger partial charge in [0, 0.05) is 31.4 Å². The lowest BCUT2D eigenvalue weighted by atomic mass is 10.1. The van der Waals surface area contributed by atoms with Crippen molar-refractivity contribution in [3.05, 3.63) is 35.1 Å². The quantitative estimate of drug-likeness (QED) is 0.570. The smallest absolute Gasteiger partial charge is 0.211 e. The van der Waals surface area contributed by atoms with Crippen molar-refractivity contribution in [3.63, 3.8) is 0 Å². The summed E-state index contributed by atoms with van der Waals surface area (Å²) < 4.78 is 44.2. The fraction of sp³-hybridized carbons (Fsp3) is 0.429. The number of hydrogen-bond donors (Lipinski definition) is 2. The maximum Gasteiger partial charge on any atom is 0.211 e. The summed E-state index contributed by atoms with van der Waals surface area (Å²) in [6, 6.07) is 4.29. The summed E-state index contributed by atoms with van der Waals surface area (Å²) in [5, 5.41) is 0. The molecule has 0 unspecified atom stereocenters. The molecule has 0 heterocycles. The van der Waals surface area contributed by atoms with E-state index in [2.05, 4.69) is 16.6 Å². The number of rotatable bonds is 7. The molecular weight excluding hydrogens is 295 g/mol. The Kier molecular flexibility index (Phi) is 7.32. The van der Waals surface area contributed by atoms with Gasteiger partial charge in [-0.25, -0.2) is 17.5 Å². The highest BCUT2D eigenvalue weighted by atomic mass is 32.2. The first-order valence-corrected chi connectivity index (χ1v) is 8.07. The van der Waals surface area contributed by atoms with Gasteiger partial charge in [-0.2, -0.15) is 0 Å². The molecule has 0 radical (unpaired) electrons. The maximum absolute atomic E-state index is 13.6. The molecule has 7 heteroatoms. The Bertz CT molecular complexity index is 621. The fourth-order valence-corrected chi connectivity index (χ4v) is 2.61. The topological polar surface area (TPSA) is 81.4 Å². The first kappa shape index (κ1) is 17.6. The Morgan fingerprint density at radius 1 is 1.43 bits per heavy atom. The van der Waals surface area contributed by atoms with Crippen LogP contribution in [0.5, 0.6) is 0 Å². The van der Waals surface area contributed by atoms with Crippen molar-refractivity contribution in [3.8, 4) is 11.8 Å². The minimum Gasteiger partial charge on any atom is -0.385 e. The highest BCUT2D eigenvalue weighted by Crippen LogP contribution is 2.10. The normalized spacial score (nSPS) is 11.0. The molecule has 0 bridgehead atoms. The van der Waals surface area contributed by atoms with E-state index in [1.807, 2.05) is 0 Å². The number of halogens is 1. The average Bonchev–Trinajstić information content (AvgIpc) is 2.45. The van der Waals surface area contributed by atoms with Gasteiger partial charge < -0.3 is 10.5 Å². The zero-order chi connectivity index (χ0) is 15.7. The van der Waals surface area contributed by atoms with Crippen molar-refractivity contribution >= 4 is 10.0 Å². The van der Waals surface area contributed by atoms with Crippen LogP contribution < -0.4 is 10.5 Å². The molecule has 0 spiro atoms. The molecule has 116 valence electrons. The Morgan fingerprint density at radius 3 is 2.86 bits per heavy atom. The van der Waals surface area contributed by atoms with Gasteiger partial charge in [-0.1, -0.05) is 11.8 Å². The van der Waals surface area contributed by atoms with Crippen LogP contribution >= 0.6 is 0 Å². The first-order valence-electron chi connectivity index (χ1n) is 6.42. The molecule has 0 saturated carbocycles. The first-order chi connectivity index (χ1) is 9.98. The van der Waals surface area contributed by atoms with E-state index in [0.717, 1.165) is 0 Å². The fourth-order valence-electron chi connectivity index (χ4n) is 1.59. The third kappa shape index (κ3) is 6.69. The molecule has 3 N–H and O–H groups in total. The van der Waals surface area contributed by atoms with Crippen LogP contribution in [0.3, 0.4) is 0 Å². The molecule has 0 aromatic heterocycles. The number of sulfonamides is 1. The van der Waals surface area contributed by atoms with Crippen LogP contribution in [0.25, 0.3) is 0 Å². The lowest BCUT2D eigenvalue weighted by molar-refractivity contribution is 0.199. The van der Waals surface area contributed by atoms with Crippen LogP contribution in [0.4, 0.5) is 4.39 Å². The van der Waals surface area contributed by atoms with Crippen molar-refractivity contribution in [2.75, 3.05) is 26.0 Å². The van der Waals surface area contributed by atoms with Crippen molar-refractivity contribution < 1.29 is 17.5 Å². The minimum atomic E-state index is -3.45. The third-order valence-corrected chi connectivity index (χ3v) is 4.03. The van der Waals surface area contributed by atoms with Gasteiger partial charge in [0.15, 0.2) is 0 Å². The zero-order valence-electron chi connectivity index (χ0n) is 11.9. The van der Waals surface area contributed by atoms with Gasteiger partial charge in [-0.05, 0) is 24.6 Å². The lowest BCUT2D eigenvalue weighted by Crippen LogP contribution is -2.27. The summed E-state index contributed by atoms with van der Waals surface area (Å²) in [5.74, 6) is 4.90. The zero-order valence-corrected chi connectivity index (χ0v) is 12.7. The van der Waals surface area contributed by atoms with Crippen molar-refractivity contribution in [1.82, 2.24) is 4.72 Å². The van der Waals surface area contributed by atoms with E-state index in [-0.39, 0.29) is 24.4 Å². The van der Waals surface area contributed by atoms with Crippen LogP contribution in [0, 0.1) is 17.7 Å². The highest BCUT2D eigenvalue weighted by molar-refractivity contribution is 7.89. The largest absolute Gasteiger partial charge is 0.385 e. The van der Waals surface area contributed by atoms with Crippen LogP contribution in [0.15, 0.2) is 18.2 Å². The Balaban J connectivity index is 2.70. The van der Waals surface area contributed by atoms with Gasteiger partial charge in [0.05, 0.1) is 12.3 Å². The lowest BCUT2D eigenvalue weighted by Gasteiger charge is -2.08. The number of ether oxygens (including phenoxy) is 1. The Labute approximate surface area is 124 Å². The number of nitrogens with two attached hydrogens (primary N) is 1. The van der Waals surface area contributed by atoms with Crippen LogP contribution in [0.2, 0.25) is 0 Å². The van der Waals surface area contributed by atoms with Gasteiger partial charge >= 0.3 is 0 Å². The molecule has 0 aliphatic carbocycles. The second-order valence-electron chi connectivity index (χ2n) is 4.30. The third-order valence-electron chi connectivity index (χ3n) is 2.62. The molecule has 21 heavy (non-hydrogen) atoms. The van der Waals surface area contributed by atoms with Gasteiger partial charge in [0.2, 0.25) is 10.0 Å². The predicted octanol–water partition coefficient (Wildman–Crippen LogP) is 0.592. The summed E-state index contributed by atoms with van der Waals surface area (Å²) in [6.45, 7) is 0.456. The summed E-state index contributed by atoms with van der Waals surface area (Å²) >= 11 is 0. The molecule has 1 aromatic rings. The van der Waals surface area contributed by atoms with E-state index < -0.39 is 15.8 Å². The van der Waals surface area contributed by atoms with Crippen LogP contribution in [-0.2, 0) is 21.3 Å². The number of hydrogen-bond acceptors (Lipinski definition) is 4. The summed E-state index contributed by atoms with van der Waals surface area (Å²) in [6.07, 6.45) is 0.385. The molecule has 1 aromatic carbocycles. The molecule has 5 nitrogen and oxygen atoms in total. The summed E-state index contributed by atoms with van der Waals surface area (Å²) in [5.41, 5.74) is 6.11. The Morgan fingerprint density at radius 2 is 2.19 bits per heavy atom. The number of benzene rings is 1. The maximum atomic E-state index is 13.6. The van der Waals surface area contributed by atoms with Crippen molar-refractivity contribution in [2.45, 2.75) is 13.0 Å². The number of methoxy groups -OCH3 is 1. The van der Waals surface area contributed by atoms with E-state index in [0.29, 0.717) is 18.6 Å². The Hall–Kier alpha value is -1.46. The molecular formula is C14H19FN2O3S. The standard InChI is InChI=1S/C14H19FN2O3S/c1-20-8-3-9-21(18,19)17-11-13-10-12(4-2-7-16)5-6-14(13)15/h5-6,10,17H,3,7-9,11,16H2,1H3. The molecule has 1 rings (SSSR count). The van der Waals surface area contributed by atoms with Gasteiger partial charge in [0.1, 0.15) is 5.82 Å². The van der Waals surface area contributed by atoms with E-state index in [9.17, 15) is 12.8 Å². The van der Waals surface area contributed by atoms with Crippen LogP contribution in [-0.4, -0.2) is 34.4 Å². The summed E-state index contributed by atoms with van der Waals surface area (Å²) in [4.78, 5) is 0. The second kappa shape index (κ2) is 8.74. The highest BCUT2D eigenvalue weighted by Gasteiger charge is 2.11. The second-order valence-corrected chi connectivity index (χ2v) is 6.22. The SMILES string of the molecule is COCCCS(=O)(=O)NCc1cc(C#CCN)ccc1F. The van der Waals surface area contributed by atoms with E-state index in [1.165, 1.54) is 25.3 Å². The van der Waals surface area contributed by atoms with Crippen molar-refractivity contribution in [2.24, 2.45) is 5.73 Å². The predicted molar refractivity (Wildman–Crippen MR) is 79.5 cm³/mol. The summed E-state index contributed by atoms with van der Waals surface area (Å²) in [7, 11) is -1.95. The van der Waals surface area contributed by atoms with Gasteiger partial charge in [-0.3, -0.25) is 0 Å². The molecule has 0 aliphatic rings. The average molecular weight is 314 g/mol. The molecule has 0 fully saturated rings. The van der Waals surface area contributed by atoms with Crippen LogP contribution in [0.1, 0.15) is 17.5 Å². The monoisotopic (exact) mass is 314 g/mol. The van der Waals surface area contributed by atoms with Crippen molar-refractivity contribution in [1.29, 1.82) is 0 Å². The number of nitrogens with one attached hydrogen (secondary N) is 1. The van der Waals surface area contributed by atoms with E-state index in [4.69, 9.17) is 10.5 Å². The van der Waals surface area contributed by atoms with E-state index in [1.54, 1.807) is 0 Å². The van der Waals surface area contributed by atoms with Gasteiger partial charge in [0.25, 0.3) is 0 Å². The molecule has 0 atom stereocenters. The van der Waals surface area contributed by atoms with E-state index >= 15 is 0 Å². The minimum absolute atomic E-state index is 0.0604. The molecule has 0 aliphatic heterocycles. The molecule has 0 amide bonds.